The summed E-state index contributed by atoms with van der Waals surface area (Å²) in [6.07, 6.45) is 6.22. The summed E-state index contributed by atoms with van der Waals surface area (Å²) in [6.45, 7) is 2.06. The zero-order chi connectivity index (χ0) is 14.3. The number of aromatic nitrogens is 3. The minimum Gasteiger partial charge on any atom is -0.298 e. The summed E-state index contributed by atoms with van der Waals surface area (Å²) in [7, 11) is 0. The molecule has 0 saturated heterocycles. The molecule has 0 bridgehead atoms. The first-order chi connectivity index (χ1) is 9.60. The molecule has 0 N–H and O–H groups in total. The number of carbonyl (C=O) groups is 1. The molecule has 2 aromatic heterocycles. The highest BCUT2D eigenvalue weighted by Gasteiger charge is 2.30. The molecule has 1 unspecified atom stereocenters. The van der Waals surface area contributed by atoms with Gasteiger partial charge in [-0.3, -0.25) is 14.5 Å². The van der Waals surface area contributed by atoms with E-state index in [1.54, 1.807) is 10.9 Å². The molecule has 0 amide bonds. The van der Waals surface area contributed by atoms with Gasteiger partial charge in [0.2, 0.25) is 0 Å². The van der Waals surface area contributed by atoms with Crippen LogP contribution in [0.2, 0.25) is 0 Å². The fourth-order valence-corrected chi connectivity index (χ4v) is 2.57. The molecule has 4 nitrogen and oxygen atoms in total. The number of nitrogens with zero attached hydrogens (tertiary/aromatic N) is 3. The predicted octanol–water partition coefficient (Wildman–Crippen LogP) is 3.63. The van der Waals surface area contributed by atoms with Gasteiger partial charge in [0.1, 0.15) is 11.4 Å². The molecular formula is C14H13BrFN3O. The maximum atomic E-state index is 14.0. The van der Waals surface area contributed by atoms with Crippen molar-refractivity contribution in [1.29, 1.82) is 0 Å². The molecule has 2 aromatic rings. The van der Waals surface area contributed by atoms with Crippen LogP contribution in [0.25, 0.3) is 11.4 Å². The number of pyridine rings is 1. The Morgan fingerprint density at radius 1 is 1.50 bits per heavy atom. The molecule has 1 fully saturated rings. The molecule has 2 heterocycles. The summed E-state index contributed by atoms with van der Waals surface area (Å²) in [5, 5.41) is 4.37. The fraction of sp³-hybridized carbons (Fsp3) is 0.357. The van der Waals surface area contributed by atoms with E-state index >= 15 is 0 Å². The SMILES string of the molecule is CC(C1CC1)n1cc(C=O)c(-c2ncc(Br)cc2F)n1. The third-order valence-electron chi connectivity index (χ3n) is 3.64. The number of halogens is 2. The summed E-state index contributed by atoms with van der Waals surface area (Å²) >= 11 is 3.16. The van der Waals surface area contributed by atoms with E-state index in [1.165, 1.54) is 25.1 Å². The molecule has 1 aliphatic rings. The lowest BCUT2D eigenvalue weighted by atomic mass is 10.2. The lowest BCUT2D eigenvalue weighted by molar-refractivity contribution is 0.112. The molecule has 0 radical (unpaired) electrons. The Bertz CT molecular complexity index is 666. The second kappa shape index (κ2) is 5.09. The third kappa shape index (κ3) is 2.40. The first-order valence-corrected chi connectivity index (χ1v) is 7.25. The van der Waals surface area contributed by atoms with Gasteiger partial charge in [0.25, 0.3) is 0 Å². The largest absolute Gasteiger partial charge is 0.298 e. The average Bonchev–Trinajstić information content (AvgIpc) is 3.18. The first kappa shape index (κ1) is 13.4. The lowest BCUT2D eigenvalue weighted by Crippen LogP contribution is -2.07. The van der Waals surface area contributed by atoms with Crippen LogP contribution in [0.1, 0.15) is 36.2 Å². The van der Waals surface area contributed by atoms with Crippen LogP contribution in [0, 0.1) is 11.7 Å². The minimum atomic E-state index is -0.494. The van der Waals surface area contributed by atoms with Gasteiger partial charge < -0.3 is 0 Å². The maximum absolute atomic E-state index is 14.0. The van der Waals surface area contributed by atoms with Crippen molar-refractivity contribution in [2.45, 2.75) is 25.8 Å². The number of hydrogen-bond donors (Lipinski definition) is 0. The second-order valence-corrected chi connectivity index (χ2v) is 6.01. The van der Waals surface area contributed by atoms with Crippen LogP contribution < -0.4 is 0 Å². The van der Waals surface area contributed by atoms with Crippen molar-refractivity contribution in [3.05, 3.63) is 34.3 Å². The Balaban J connectivity index is 2.05. The van der Waals surface area contributed by atoms with Gasteiger partial charge in [-0.25, -0.2) is 4.39 Å². The molecule has 0 spiro atoms. The molecule has 1 saturated carbocycles. The van der Waals surface area contributed by atoms with Crippen molar-refractivity contribution in [2.75, 3.05) is 0 Å². The topological polar surface area (TPSA) is 47.8 Å². The van der Waals surface area contributed by atoms with Gasteiger partial charge in [0.05, 0.1) is 11.6 Å². The molecule has 6 heteroatoms. The van der Waals surface area contributed by atoms with Crippen molar-refractivity contribution >= 4 is 22.2 Å². The Morgan fingerprint density at radius 3 is 2.85 bits per heavy atom. The standard InChI is InChI=1S/C14H13BrFN3O/c1-8(9-2-3-9)19-6-10(7-20)13(18-19)14-12(16)4-11(15)5-17-14/h4-9H,2-3H2,1H3. The fourth-order valence-electron chi connectivity index (χ4n) is 2.27. The van der Waals surface area contributed by atoms with Gasteiger partial charge in [-0.1, -0.05) is 0 Å². The monoisotopic (exact) mass is 337 g/mol. The number of hydrogen-bond acceptors (Lipinski definition) is 3. The van der Waals surface area contributed by atoms with E-state index in [1.807, 2.05) is 0 Å². The third-order valence-corrected chi connectivity index (χ3v) is 4.07. The van der Waals surface area contributed by atoms with Gasteiger partial charge in [0, 0.05) is 16.9 Å². The highest BCUT2D eigenvalue weighted by Crippen LogP contribution is 2.39. The van der Waals surface area contributed by atoms with Crippen LogP contribution in [-0.2, 0) is 0 Å². The van der Waals surface area contributed by atoms with Crippen molar-refractivity contribution < 1.29 is 9.18 Å². The molecule has 0 aromatic carbocycles. The summed E-state index contributed by atoms with van der Waals surface area (Å²) in [5.41, 5.74) is 0.778. The maximum Gasteiger partial charge on any atom is 0.153 e. The van der Waals surface area contributed by atoms with Gasteiger partial charge in [-0.2, -0.15) is 5.10 Å². The normalized spacial score (nSPS) is 16.1. The Labute approximate surface area is 124 Å². The predicted molar refractivity (Wildman–Crippen MR) is 75.9 cm³/mol. The molecule has 3 rings (SSSR count). The minimum absolute atomic E-state index is 0.108. The van der Waals surface area contributed by atoms with E-state index in [-0.39, 0.29) is 11.7 Å². The van der Waals surface area contributed by atoms with Gasteiger partial charge in [0.15, 0.2) is 12.1 Å². The molecule has 0 aliphatic heterocycles. The number of carbonyl (C=O) groups excluding carboxylic acids is 1. The van der Waals surface area contributed by atoms with Crippen molar-refractivity contribution in [3.63, 3.8) is 0 Å². The van der Waals surface area contributed by atoms with Crippen LogP contribution in [0.4, 0.5) is 4.39 Å². The van der Waals surface area contributed by atoms with E-state index in [9.17, 15) is 9.18 Å². The Kier molecular flexibility index (Phi) is 3.41. The number of aldehydes is 1. The molecule has 1 atom stereocenters. The van der Waals surface area contributed by atoms with Crippen molar-refractivity contribution in [1.82, 2.24) is 14.8 Å². The zero-order valence-electron chi connectivity index (χ0n) is 10.9. The van der Waals surface area contributed by atoms with Crippen LogP contribution >= 0.6 is 15.9 Å². The van der Waals surface area contributed by atoms with Gasteiger partial charge in [-0.15, -0.1) is 0 Å². The summed E-state index contributed by atoms with van der Waals surface area (Å²) in [5.74, 6) is 0.108. The van der Waals surface area contributed by atoms with Crippen LogP contribution in [0.5, 0.6) is 0 Å². The summed E-state index contributed by atoms with van der Waals surface area (Å²) in [4.78, 5) is 15.2. The highest BCUT2D eigenvalue weighted by atomic mass is 79.9. The van der Waals surface area contributed by atoms with Crippen LogP contribution in [-0.4, -0.2) is 21.1 Å². The quantitative estimate of drug-likeness (QED) is 0.800. The number of rotatable bonds is 4. The smallest absolute Gasteiger partial charge is 0.153 e. The Morgan fingerprint density at radius 2 is 2.25 bits per heavy atom. The van der Waals surface area contributed by atoms with E-state index in [0.29, 0.717) is 27.9 Å². The van der Waals surface area contributed by atoms with E-state index < -0.39 is 5.82 Å². The second-order valence-electron chi connectivity index (χ2n) is 5.09. The average molecular weight is 338 g/mol. The van der Waals surface area contributed by atoms with Crippen molar-refractivity contribution in [2.24, 2.45) is 5.92 Å². The lowest BCUT2D eigenvalue weighted by Gasteiger charge is -2.09. The van der Waals surface area contributed by atoms with E-state index in [4.69, 9.17) is 0 Å². The molecule has 1 aliphatic carbocycles. The van der Waals surface area contributed by atoms with Gasteiger partial charge in [-0.05, 0) is 47.7 Å². The highest BCUT2D eigenvalue weighted by molar-refractivity contribution is 9.10. The van der Waals surface area contributed by atoms with Crippen LogP contribution in [0.3, 0.4) is 0 Å². The van der Waals surface area contributed by atoms with E-state index in [0.717, 1.165) is 0 Å². The Hall–Kier alpha value is -1.56. The molecular weight excluding hydrogens is 325 g/mol. The van der Waals surface area contributed by atoms with E-state index in [2.05, 4.69) is 32.9 Å². The van der Waals surface area contributed by atoms with Crippen molar-refractivity contribution in [3.8, 4) is 11.4 Å². The summed E-state index contributed by atoms with van der Waals surface area (Å²) < 4.78 is 16.3. The summed E-state index contributed by atoms with van der Waals surface area (Å²) in [6, 6.07) is 1.54. The molecule has 104 valence electrons. The van der Waals surface area contributed by atoms with Gasteiger partial charge >= 0.3 is 0 Å². The zero-order valence-corrected chi connectivity index (χ0v) is 12.5. The first-order valence-electron chi connectivity index (χ1n) is 6.46. The van der Waals surface area contributed by atoms with Crippen LogP contribution in [0.15, 0.2) is 22.9 Å². The molecule has 20 heavy (non-hydrogen) atoms.